The van der Waals surface area contributed by atoms with Crippen LogP contribution in [0.3, 0.4) is 0 Å². The van der Waals surface area contributed by atoms with E-state index in [0.717, 1.165) is 11.1 Å². The Morgan fingerprint density at radius 2 is 1.46 bits per heavy atom. The third-order valence-corrected chi connectivity index (χ3v) is 4.76. The van der Waals surface area contributed by atoms with Crippen LogP contribution < -0.4 is 0 Å². The summed E-state index contributed by atoms with van der Waals surface area (Å²) < 4.78 is 23.5. The first-order valence-corrected chi connectivity index (χ1v) is 8.94. The van der Waals surface area contributed by atoms with Gasteiger partial charge in [-0.2, -0.15) is 0 Å². The van der Waals surface area contributed by atoms with Crippen LogP contribution in [0.1, 0.15) is 31.1 Å². The van der Waals surface area contributed by atoms with E-state index in [1.165, 1.54) is 0 Å². The molecule has 2 aliphatic rings. The Bertz CT molecular complexity index is 678. The van der Waals surface area contributed by atoms with Gasteiger partial charge in [0.25, 0.3) is 0 Å². The zero-order chi connectivity index (χ0) is 18.1. The molecule has 0 radical (unpaired) electrons. The molecule has 0 aliphatic carbocycles. The standard InChI is InChI=1S/C21H24O5/c1-21(2)25-18-16(24-20(22)19(18)26-21)13-23-17(14-9-5-3-6-10-14)15-11-7-4-8-12-15/h3-12,16-20,22H,13H2,1-2H3/t16-,18-,19-,20?/m0/s1. The Balaban J connectivity index is 1.51. The zero-order valence-electron chi connectivity index (χ0n) is 14.9. The maximum absolute atomic E-state index is 10.1. The van der Waals surface area contributed by atoms with Gasteiger partial charge in [-0.25, -0.2) is 0 Å². The van der Waals surface area contributed by atoms with Crippen LogP contribution >= 0.6 is 0 Å². The number of aliphatic hydroxyl groups is 1. The minimum absolute atomic E-state index is 0.215. The molecule has 0 saturated carbocycles. The molecule has 26 heavy (non-hydrogen) atoms. The lowest BCUT2D eigenvalue weighted by molar-refractivity contribution is -0.226. The molecule has 138 valence electrons. The Morgan fingerprint density at radius 1 is 0.923 bits per heavy atom. The highest BCUT2D eigenvalue weighted by Gasteiger charge is 2.55. The molecule has 4 rings (SSSR count). The Hall–Kier alpha value is -1.76. The predicted molar refractivity (Wildman–Crippen MR) is 95.4 cm³/mol. The SMILES string of the molecule is CC1(C)O[C@H]2[C@H](COC(c3ccccc3)c3ccccc3)OC(O)[C@H]2O1. The van der Waals surface area contributed by atoms with Crippen LogP contribution in [0.4, 0.5) is 0 Å². The van der Waals surface area contributed by atoms with Crippen molar-refractivity contribution in [3.05, 3.63) is 71.8 Å². The molecular formula is C21H24O5. The van der Waals surface area contributed by atoms with Gasteiger partial charge in [0, 0.05) is 0 Å². The highest BCUT2D eigenvalue weighted by molar-refractivity contribution is 5.29. The second-order valence-electron chi connectivity index (χ2n) is 7.16. The van der Waals surface area contributed by atoms with Gasteiger partial charge >= 0.3 is 0 Å². The normalized spacial score (nSPS) is 29.8. The van der Waals surface area contributed by atoms with Crippen molar-refractivity contribution < 1.29 is 24.1 Å². The number of fused-ring (bicyclic) bond motifs is 1. The van der Waals surface area contributed by atoms with E-state index in [2.05, 4.69) is 0 Å². The average Bonchev–Trinajstić information content (AvgIpc) is 3.11. The monoisotopic (exact) mass is 356 g/mol. The molecule has 2 aromatic rings. The van der Waals surface area contributed by atoms with Crippen LogP contribution in [-0.2, 0) is 18.9 Å². The molecule has 0 aromatic heterocycles. The van der Waals surface area contributed by atoms with E-state index < -0.39 is 18.2 Å². The molecule has 4 atom stereocenters. The summed E-state index contributed by atoms with van der Waals surface area (Å²) >= 11 is 0. The van der Waals surface area contributed by atoms with E-state index >= 15 is 0 Å². The molecule has 2 fully saturated rings. The van der Waals surface area contributed by atoms with Gasteiger partial charge in [0.2, 0.25) is 0 Å². The van der Waals surface area contributed by atoms with Crippen molar-refractivity contribution >= 4 is 0 Å². The highest BCUT2D eigenvalue weighted by atomic mass is 16.8. The predicted octanol–water partition coefficient (Wildman–Crippen LogP) is 3.03. The van der Waals surface area contributed by atoms with Crippen molar-refractivity contribution in [1.29, 1.82) is 0 Å². The molecule has 5 nitrogen and oxygen atoms in total. The molecular weight excluding hydrogens is 332 g/mol. The average molecular weight is 356 g/mol. The quantitative estimate of drug-likeness (QED) is 0.892. The minimum atomic E-state index is -0.998. The molecule has 2 saturated heterocycles. The summed E-state index contributed by atoms with van der Waals surface area (Å²) in [5.41, 5.74) is 2.13. The lowest BCUT2D eigenvalue weighted by Gasteiger charge is -2.25. The van der Waals surface area contributed by atoms with Gasteiger partial charge in [0.15, 0.2) is 12.1 Å². The number of aliphatic hydroxyl groups excluding tert-OH is 1. The molecule has 1 unspecified atom stereocenters. The second-order valence-corrected chi connectivity index (χ2v) is 7.16. The fourth-order valence-electron chi connectivity index (χ4n) is 3.62. The van der Waals surface area contributed by atoms with Crippen molar-refractivity contribution in [3.63, 3.8) is 0 Å². The number of hydrogen-bond acceptors (Lipinski definition) is 5. The van der Waals surface area contributed by atoms with E-state index in [1.807, 2.05) is 74.5 Å². The van der Waals surface area contributed by atoms with Crippen molar-refractivity contribution in [3.8, 4) is 0 Å². The number of benzene rings is 2. The molecule has 2 aliphatic heterocycles. The van der Waals surface area contributed by atoms with Gasteiger partial charge in [0.05, 0.1) is 6.61 Å². The van der Waals surface area contributed by atoms with E-state index in [4.69, 9.17) is 18.9 Å². The smallest absolute Gasteiger partial charge is 0.184 e. The lowest BCUT2D eigenvalue weighted by Crippen LogP contribution is -2.33. The van der Waals surface area contributed by atoms with Crippen LogP contribution in [0.5, 0.6) is 0 Å². The first-order valence-electron chi connectivity index (χ1n) is 8.94. The van der Waals surface area contributed by atoms with E-state index in [-0.39, 0.29) is 18.3 Å². The van der Waals surface area contributed by atoms with E-state index in [0.29, 0.717) is 6.61 Å². The molecule has 0 spiro atoms. The summed E-state index contributed by atoms with van der Waals surface area (Å²) in [6.07, 6.45) is -2.42. The Kier molecular flexibility index (Phi) is 4.82. The van der Waals surface area contributed by atoms with Crippen molar-refractivity contribution in [2.45, 2.75) is 50.3 Å². The van der Waals surface area contributed by atoms with E-state index in [1.54, 1.807) is 0 Å². The van der Waals surface area contributed by atoms with Crippen molar-refractivity contribution in [2.75, 3.05) is 6.61 Å². The molecule has 5 heteroatoms. The summed E-state index contributed by atoms with van der Waals surface area (Å²) in [4.78, 5) is 0. The first-order chi connectivity index (χ1) is 12.5. The molecule has 2 heterocycles. The number of ether oxygens (including phenoxy) is 4. The summed E-state index contributed by atoms with van der Waals surface area (Å²) in [5.74, 6) is -0.726. The maximum atomic E-state index is 10.1. The lowest BCUT2D eigenvalue weighted by atomic mass is 10.0. The van der Waals surface area contributed by atoms with Crippen LogP contribution in [-0.4, -0.2) is 42.1 Å². The van der Waals surface area contributed by atoms with Crippen LogP contribution in [0.2, 0.25) is 0 Å². The van der Waals surface area contributed by atoms with Gasteiger partial charge in [-0.15, -0.1) is 0 Å². The molecule has 0 bridgehead atoms. The minimum Gasteiger partial charge on any atom is -0.366 e. The topological polar surface area (TPSA) is 57.2 Å². The van der Waals surface area contributed by atoms with Crippen LogP contribution in [0.25, 0.3) is 0 Å². The zero-order valence-corrected chi connectivity index (χ0v) is 14.9. The third-order valence-electron chi connectivity index (χ3n) is 4.76. The highest BCUT2D eigenvalue weighted by Crippen LogP contribution is 2.38. The van der Waals surface area contributed by atoms with Crippen LogP contribution in [0, 0.1) is 0 Å². The summed E-state index contributed by atoms with van der Waals surface area (Å²) in [6, 6.07) is 20.1. The third kappa shape index (κ3) is 3.54. The largest absolute Gasteiger partial charge is 0.366 e. The van der Waals surface area contributed by atoms with Gasteiger partial charge in [-0.1, -0.05) is 60.7 Å². The Morgan fingerprint density at radius 3 is 2.04 bits per heavy atom. The first kappa shape index (κ1) is 17.6. The van der Waals surface area contributed by atoms with Gasteiger partial charge in [-0.3, -0.25) is 0 Å². The summed E-state index contributed by atoms with van der Waals surface area (Å²) in [7, 11) is 0. The molecule has 1 N–H and O–H groups in total. The Labute approximate surface area is 153 Å². The number of rotatable bonds is 5. The van der Waals surface area contributed by atoms with Crippen molar-refractivity contribution in [1.82, 2.24) is 0 Å². The molecule has 2 aromatic carbocycles. The van der Waals surface area contributed by atoms with Gasteiger partial charge in [0.1, 0.15) is 24.4 Å². The number of hydrogen-bond donors (Lipinski definition) is 1. The summed E-state index contributed by atoms with van der Waals surface area (Å²) in [6.45, 7) is 3.98. The van der Waals surface area contributed by atoms with Gasteiger partial charge in [-0.05, 0) is 25.0 Å². The second kappa shape index (κ2) is 7.10. The van der Waals surface area contributed by atoms with E-state index in [9.17, 15) is 5.11 Å². The molecule has 0 amide bonds. The summed E-state index contributed by atoms with van der Waals surface area (Å²) in [5, 5.41) is 10.1. The van der Waals surface area contributed by atoms with Gasteiger partial charge < -0.3 is 24.1 Å². The van der Waals surface area contributed by atoms with Crippen molar-refractivity contribution in [2.24, 2.45) is 0 Å². The fourth-order valence-corrected chi connectivity index (χ4v) is 3.62. The fraction of sp³-hybridized carbons (Fsp3) is 0.429. The maximum Gasteiger partial charge on any atom is 0.184 e. The van der Waals surface area contributed by atoms with Crippen LogP contribution in [0.15, 0.2) is 60.7 Å².